The van der Waals surface area contributed by atoms with E-state index in [0.29, 0.717) is 12.3 Å². The van der Waals surface area contributed by atoms with Crippen LogP contribution in [0.25, 0.3) is 0 Å². The summed E-state index contributed by atoms with van der Waals surface area (Å²) in [6, 6.07) is 6.98. The first-order chi connectivity index (χ1) is 9.77. The number of aryl methyl sites for hydroxylation is 1. The number of halogens is 1. The van der Waals surface area contributed by atoms with Gasteiger partial charge in [0.15, 0.2) is 0 Å². The Bertz CT molecular complexity index is 427. The lowest BCUT2D eigenvalue weighted by molar-refractivity contribution is -0.130. The Morgan fingerprint density at radius 1 is 1.05 bits per heavy atom. The van der Waals surface area contributed by atoms with Gasteiger partial charge in [0.25, 0.3) is 0 Å². The predicted molar refractivity (Wildman–Crippen MR) is 79.0 cm³/mol. The Balaban J connectivity index is 1.53. The van der Waals surface area contributed by atoms with E-state index in [1.54, 1.807) is 6.07 Å². The maximum absolute atomic E-state index is 13.4. The minimum atomic E-state index is -0.100. The van der Waals surface area contributed by atoms with Gasteiger partial charge in [0.1, 0.15) is 5.82 Å². The molecule has 1 aromatic rings. The van der Waals surface area contributed by atoms with Gasteiger partial charge in [-0.3, -0.25) is 4.79 Å². The zero-order valence-electron chi connectivity index (χ0n) is 12.1. The van der Waals surface area contributed by atoms with Gasteiger partial charge in [0.2, 0.25) is 5.91 Å². The molecule has 1 saturated heterocycles. The maximum Gasteiger partial charge on any atom is 0.222 e. The highest BCUT2D eigenvalue weighted by atomic mass is 19.1. The van der Waals surface area contributed by atoms with Crippen LogP contribution in [-0.4, -0.2) is 23.9 Å². The number of hydrogen-bond acceptors (Lipinski definition) is 1. The van der Waals surface area contributed by atoms with Crippen LogP contribution in [0.2, 0.25) is 0 Å². The summed E-state index contributed by atoms with van der Waals surface area (Å²) in [7, 11) is 0. The molecule has 1 aromatic carbocycles. The fourth-order valence-electron chi connectivity index (χ4n) is 2.77. The maximum atomic E-state index is 13.4. The molecule has 0 radical (unpaired) electrons. The van der Waals surface area contributed by atoms with E-state index >= 15 is 0 Å². The number of likely N-dealkylation sites (tertiary alicyclic amines) is 1. The predicted octanol–water partition coefficient (Wildman–Crippen LogP) is 3.94. The van der Waals surface area contributed by atoms with Gasteiger partial charge in [0.05, 0.1) is 0 Å². The molecule has 0 atom stereocenters. The molecule has 0 spiro atoms. The van der Waals surface area contributed by atoms with Crippen molar-refractivity contribution in [2.24, 2.45) is 0 Å². The molecular formula is C17H24FNO. The average molecular weight is 277 g/mol. The zero-order valence-corrected chi connectivity index (χ0v) is 12.1. The topological polar surface area (TPSA) is 20.3 Å². The summed E-state index contributed by atoms with van der Waals surface area (Å²) < 4.78 is 13.4. The standard InChI is InChI=1S/C17H24FNO/c18-16-11-6-5-10-15(16)9-3-1-2-4-12-17(20)19-13-7-8-14-19/h5-6,10-11H,1-4,7-9,12-14H2. The minimum Gasteiger partial charge on any atom is -0.343 e. The van der Waals surface area contributed by atoms with Gasteiger partial charge in [-0.05, 0) is 43.7 Å². The van der Waals surface area contributed by atoms with Crippen molar-refractivity contribution >= 4 is 5.91 Å². The number of unbranched alkanes of at least 4 members (excludes halogenated alkanes) is 3. The molecule has 2 nitrogen and oxygen atoms in total. The smallest absolute Gasteiger partial charge is 0.222 e. The molecule has 1 amide bonds. The van der Waals surface area contributed by atoms with Crippen molar-refractivity contribution in [1.82, 2.24) is 4.90 Å². The molecule has 0 bridgehead atoms. The second kappa shape index (κ2) is 8.03. The summed E-state index contributed by atoms with van der Waals surface area (Å²) in [6.45, 7) is 1.90. The van der Waals surface area contributed by atoms with Crippen molar-refractivity contribution in [2.45, 2.75) is 51.4 Å². The molecule has 1 heterocycles. The Morgan fingerprint density at radius 2 is 1.75 bits per heavy atom. The van der Waals surface area contributed by atoms with Crippen molar-refractivity contribution in [3.05, 3.63) is 35.6 Å². The highest BCUT2D eigenvalue weighted by Gasteiger charge is 2.16. The van der Waals surface area contributed by atoms with Crippen LogP contribution in [0.5, 0.6) is 0 Å². The van der Waals surface area contributed by atoms with Crippen molar-refractivity contribution < 1.29 is 9.18 Å². The van der Waals surface area contributed by atoms with Crippen LogP contribution < -0.4 is 0 Å². The van der Waals surface area contributed by atoms with Gasteiger partial charge < -0.3 is 4.90 Å². The van der Waals surface area contributed by atoms with Gasteiger partial charge >= 0.3 is 0 Å². The molecule has 3 heteroatoms. The first-order valence-corrected chi connectivity index (χ1v) is 7.78. The minimum absolute atomic E-state index is 0.100. The molecule has 110 valence electrons. The lowest BCUT2D eigenvalue weighted by Crippen LogP contribution is -2.27. The largest absolute Gasteiger partial charge is 0.343 e. The van der Waals surface area contributed by atoms with Crippen molar-refractivity contribution in [3.63, 3.8) is 0 Å². The summed E-state index contributed by atoms with van der Waals surface area (Å²) in [6.07, 6.45) is 7.90. The third-order valence-electron chi connectivity index (χ3n) is 4.00. The van der Waals surface area contributed by atoms with Crippen molar-refractivity contribution in [1.29, 1.82) is 0 Å². The van der Waals surface area contributed by atoms with Crippen LogP contribution >= 0.6 is 0 Å². The summed E-state index contributed by atoms with van der Waals surface area (Å²) in [5.74, 6) is 0.216. The van der Waals surface area contributed by atoms with Gasteiger partial charge in [0, 0.05) is 19.5 Å². The highest BCUT2D eigenvalue weighted by molar-refractivity contribution is 5.76. The molecule has 0 N–H and O–H groups in total. The SMILES string of the molecule is O=C(CCCCCCc1ccccc1F)N1CCCC1. The van der Waals surface area contributed by atoms with E-state index in [4.69, 9.17) is 0 Å². The van der Waals surface area contributed by atoms with E-state index in [9.17, 15) is 9.18 Å². The van der Waals surface area contributed by atoms with Crippen LogP contribution in [0.3, 0.4) is 0 Å². The van der Waals surface area contributed by atoms with Crippen LogP contribution in [-0.2, 0) is 11.2 Å². The normalized spacial score (nSPS) is 14.8. The molecule has 0 aliphatic carbocycles. The monoisotopic (exact) mass is 277 g/mol. The molecular weight excluding hydrogens is 253 g/mol. The third-order valence-corrected chi connectivity index (χ3v) is 4.00. The summed E-state index contributed by atoms with van der Waals surface area (Å²) >= 11 is 0. The van der Waals surface area contributed by atoms with E-state index in [1.807, 2.05) is 17.0 Å². The molecule has 1 fully saturated rings. The number of nitrogens with zero attached hydrogens (tertiary/aromatic N) is 1. The highest BCUT2D eigenvalue weighted by Crippen LogP contribution is 2.14. The molecule has 20 heavy (non-hydrogen) atoms. The van der Waals surface area contributed by atoms with Crippen molar-refractivity contribution in [2.75, 3.05) is 13.1 Å². The van der Waals surface area contributed by atoms with E-state index in [1.165, 1.54) is 6.07 Å². The Morgan fingerprint density at radius 3 is 2.50 bits per heavy atom. The molecule has 1 aliphatic heterocycles. The molecule has 0 saturated carbocycles. The number of carbonyl (C=O) groups excluding carboxylic acids is 1. The Kier molecular flexibility index (Phi) is 6.03. The van der Waals surface area contributed by atoms with E-state index in [-0.39, 0.29) is 5.82 Å². The first kappa shape index (κ1) is 15.0. The van der Waals surface area contributed by atoms with Gasteiger partial charge in [-0.25, -0.2) is 4.39 Å². The second-order valence-electron chi connectivity index (χ2n) is 5.59. The Hall–Kier alpha value is -1.38. The van der Waals surface area contributed by atoms with E-state index in [2.05, 4.69) is 0 Å². The fourth-order valence-corrected chi connectivity index (χ4v) is 2.77. The summed E-state index contributed by atoms with van der Waals surface area (Å²) in [5, 5.41) is 0. The number of amides is 1. The summed E-state index contributed by atoms with van der Waals surface area (Å²) in [5.41, 5.74) is 0.806. The molecule has 0 unspecified atom stereocenters. The number of hydrogen-bond donors (Lipinski definition) is 0. The lowest BCUT2D eigenvalue weighted by atomic mass is 10.0. The average Bonchev–Trinajstić information content (AvgIpc) is 2.98. The fraction of sp³-hybridized carbons (Fsp3) is 0.588. The van der Waals surface area contributed by atoms with E-state index in [0.717, 1.165) is 63.6 Å². The molecule has 2 rings (SSSR count). The van der Waals surface area contributed by atoms with Gasteiger partial charge in [-0.1, -0.05) is 31.0 Å². The van der Waals surface area contributed by atoms with Crippen LogP contribution in [0, 0.1) is 5.82 Å². The molecule has 1 aliphatic rings. The van der Waals surface area contributed by atoms with Gasteiger partial charge in [-0.15, -0.1) is 0 Å². The second-order valence-corrected chi connectivity index (χ2v) is 5.59. The van der Waals surface area contributed by atoms with Crippen LogP contribution in [0.4, 0.5) is 4.39 Å². The quantitative estimate of drug-likeness (QED) is 0.691. The van der Waals surface area contributed by atoms with Crippen molar-refractivity contribution in [3.8, 4) is 0 Å². The number of rotatable bonds is 7. The van der Waals surface area contributed by atoms with Crippen LogP contribution in [0.15, 0.2) is 24.3 Å². The molecule has 0 aromatic heterocycles. The van der Waals surface area contributed by atoms with Crippen LogP contribution in [0.1, 0.15) is 50.5 Å². The third kappa shape index (κ3) is 4.62. The van der Waals surface area contributed by atoms with E-state index < -0.39 is 0 Å². The summed E-state index contributed by atoms with van der Waals surface area (Å²) in [4.78, 5) is 13.8. The number of carbonyl (C=O) groups is 1. The van der Waals surface area contributed by atoms with Gasteiger partial charge in [-0.2, -0.15) is 0 Å². The number of benzene rings is 1. The lowest BCUT2D eigenvalue weighted by Gasteiger charge is -2.14. The first-order valence-electron chi connectivity index (χ1n) is 7.78. The zero-order chi connectivity index (χ0) is 14.2. The Labute approximate surface area is 121 Å².